The van der Waals surface area contributed by atoms with E-state index in [2.05, 4.69) is 82.2 Å². The Balaban J connectivity index is 1.36. The molecule has 2 bridgehead atoms. The number of anilines is 1. The molecule has 0 radical (unpaired) electrons. The number of hydrogen-bond acceptors (Lipinski definition) is 9. The van der Waals surface area contributed by atoms with E-state index in [1.54, 1.807) is 4.80 Å². The SMILES string of the molecule is CCNC1(CO[C@H]2[C@H](n3nnc(N)n3)C[C@]3(C)COC[C@@]24C2=CC[C@@]5(C)[C@H](C(=O)O)[C@@](C)([C@H](C)C(C)C)CC[C@]5(C)[C@H]2CC[C@H]34)CCOCC1. The second-order valence-electron chi connectivity index (χ2n) is 18.8. The molecule has 0 aromatic carbocycles. The van der Waals surface area contributed by atoms with Crippen LogP contribution in [0.15, 0.2) is 11.6 Å². The molecule has 11 nitrogen and oxygen atoms in total. The van der Waals surface area contributed by atoms with Crippen LogP contribution in [0.1, 0.15) is 113 Å². The fourth-order valence-corrected chi connectivity index (χ4v) is 13.2. The molecule has 2 aliphatic heterocycles. The van der Waals surface area contributed by atoms with E-state index in [4.69, 9.17) is 19.9 Å². The van der Waals surface area contributed by atoms with E-state index in [1.165, 1.54) is 5.57 Å². The fraction of sp³-hybridized carbons (Fsp3) is 0.897. The highest BCUT2D eigenvalue weighted by atomic mass is 16.5. The normalized spacial score (nSPS) is 44.4. The number of nitrogens with two attached hydrogens (primary N) is 1. The third-order valence-electron chi connectivity index (χ3n) is 16.3. The molecular formula is C39H64N6O5. The Labute approximate surface area is 299 Å². The first kappa shape index (κ1) is 36.3. The van der Waals surface area contributed by atoms with Gasteiger partial charge in [-0.25, -0.2) is 0 Å². The predicted octanol–water partition coefficient (Wildman–Crippen LogP) is 5.93. The molecule has 0 amide bonds. The lowest BCUT2D eigenvalue weighted by Crippen LogP contribution is -2.70. The Morgan fingerprint density at radius 3 is 2.46 bits per heavy atom. The summed E-state index contributed by atoms with van der Waals surface area (Å²) < 4.78 is 20.0. The highest BCUT2D eigenvalue weighted by Gasteiger charge is 2.73. The lowest BCUT2D eigenvalue weighted by Gasteiger charge is -2.71. The van der Waals surface area contributed by atoms with Gasteiger partial charge in [0.1, 0.15) is 6.04 Å². The maximum atomic E-state index is 13.6. The maximum Gasteiger partial charge on any atom is 0.307 e. The Kier molecular flexibility index (Phi) is 9.08. The molecular weight excluding hydrogens is 632 g/mol. The van der Waals surface area contributed by atoms with E-state index in [9.17, 15) is 9.90 Å². The Morgan fingerprint density at radius 2 is 1.82 bits per heavy atom. The van der Waals surface area contributed by atoms with Gasteiger partial charge < -0.3 is 30.4 Å². The van der Waals surface area contributed by atoms with Crippen molar-refractivity contribution in [2.75, 3.05) is 45.3 Å². The van der Waals surface area contributed by atoms with Crippen LogP contribution in [0, 0.1) is 56.7 Å². The fourth-order valence-electron chi connectivity index (χ4n) is 13.2. The number of aliphatic carboxylic acids is 1. The van der Waals surface area contributed by atoms with Crippen molar-refractivity contribution in [2.45, 2.75) is 124 Å². The van der Waals surface area contributed by atoms with Crippen molar-refractivity contribution >= 4 is 11.9 Å². The van der Waals surface area contributed by atoms with Crippen molar-refractivity contribution < 1.29 is 24.1 Å². The first-order chi connectivity index (χ1) is 23.6. The summed E-state index contributed by atoms with van der Waals surface area (Å²) in [5.41, 5.74) is 5.99. The van der Waals surface area contributed by atoms with Gasteiger partial charge in [0.2, 0.25) is 0 Å². The zero-order valence-corrected chi connectivity index (χ0v) is 32.0. The Hall–Kier alpha value is -2.08. The molecule has 0 spiro atoms. The molecule has 3 saturated carbocycles. The summed E-state index contributed by atoms with van der Waals surface area (Å²) in [6.07, 6.45) is 9.63. The standard InChI is InChI=1S/C39H64N6O5/c1-9-41-38(16-18-48-19-17-38)22-50-31-28(45-43-33(40)42-44-45)20-34(5)21-49-23-39(31)27-12-13-37(8)30(32(46)47)35(6,25(4)24(2)3)14-15-36(37,7)26(27)10-11-29(34)39/h12,24-26,28-31,41H,9-11,13-23H2,1-8H3,(H2,40,43)(H,46,47)/t25-,26+,28-,29-,30-,31+,34-,35-,36-,37+,39+/m1/s1. The van der Waals surface area contributed by atoms with Crippen LogP contribution >= 0.6 is 0 Å². The highest BCUT2D eigenvalue weighted by molar-refractivity contribution is 5.73. The maximum absolute atomic E-state index is 13.6. The van der Waals surface area contributed by atoms with E-state index in [1.807, 2.05) is 0 Å². The van der Waals surface area contributed by atoms with E-state index >= 15 is 0 Å². The van der Waals surface area contributed by atoms with Gasteiger partial charge in [-0.1, -0.05) is 72.1 Å². The quantitative estimate of drug-likeness (QED) is 0.266. The van der Waals surface area contributed by atoms with Gasteiger partial charge in [0.25, 0.3) is 5.95 Å². The third-order valence-corrected chi connectivity index (χ3v) is 16.3. The minimum atomic E-state index is -0.635. The van der Waals surface area contributed by atoms with Gasteiger partial charge in [-0.05, 0) is 108 Å². The first-order valence-corrected chi connectivity index (χ1v) is 19.6. The van der Waals surface area contributed by atoms with Crippen molar-refractivity contribution in [1.29, 1.82) is 0 Å². The zero-order chi connectivity index (χ0) is 35.9. The van der Waals surface area contributed by atoms with Crippen LogP contribution in [0.2, 0.25) is 0 Å². The number of carboxylic acid groups (broad SMARTS) is 1. The molecule has 0 unspecified atom stereocenters. The molecule has 7 rings (SSSR count). The molecule has 1 aromatic rings. The van der Waals surface area contributed by atoms with E-state index < -0.39 is 22.7 Å². The summed E-state index contributed by atoms with van der Waals surface area (Å²) in [5, 5.41) is 28.2. The van der Waals surface area contributed by atoms with Crippen LogP contribution in [0.4, 0.5) is 5.95 Å². The minimum absolute atomic E-state index is 0.113. The molecule has 1 aromatic heterocycles. The third kappa shape index (κ3) is 5.09. The van der Waals surface area contributed by atoms with Gasteiger partial charge in [-0.15, -0.1) is 5.10 Å². The molecule has 2 saturated heterocycles. The number of fused-ring (bicyclic) bond motifs is 3. The summed E-state index contributed by atoms with van der Waals surface area (Å²) in [4.78, 5) is 15.3. The van der Waals surface area contributed by atoms with E-state index in [0.717, 1.165) is 57.9 Å². The average molecular weight is 697 g/mol. The van der Waals surface area contributed by atoms with Gasteiger partial charge >= 0.3 is 5.97 Å². The molecule has 4 N–H and O–H groups in total. The Morgan fingerprint density at radius 1 is 1.08 bits per heavy atom. The van der Waals surface area contributed by atoms with E-state index in [-0.39, 0.29) is 45.8 Å². The molecule has 11 atom stereocenters. The number of likely N-dealkylation sites (N-methyl/N-ethyl adjacent to an activating group) is 1. The monoisotopic (exact) mass is 696 g/mol. The molecule has 5 fully saturated rings. The smallest absolute Gasteiger partial charge is 0.307 e. The number of tetrazole rings is 1. The number of rotatable bonds is 9. The van der Waals surface area contributed by atoms with Crippen molar-refractivity contribution in [1.82, 2.24) is 25.5 Å². The van der Waals surface area contributed by atoms with Gasteiger partial charge in [0.05, 0.1) is 31.8 Å². The van der Waals surface area contributed by atoms with Crippen molar-refractivity contribution in [3.05, 3.63) is 11.6 Å². The lowest BCUT2D eigenvalue weighted by molar-refractivity contribution is -0.256. The van der Waals surface area contributed by atoms with Crippen LogP contribution in [0.5, 0.6) is 0 Å². The van der Waals surface area contributed by atoms with Crippen molar-refractivity contribution in [3.63, 3.8) is 0 Å². The summed E-state index contributed by atoms with van der Waals surface area (Å²) >= 11 is 0. The minimum Gasteiger partial charge on any atom is -0.481 e. The van der Waals surface area contributed by atoms with Crippen LogP contribution in [0.25, 0.3) is 0 Å². The molecule has 50 heavy (non-hydrogen) atoms. The lowest BCUT2D eigenvalue weighted by atomic mass is 9.34. The largest absolute Gasteiger partial charge is 0.481 e. The van der Waals surface area contributed by atoms with Crippen LogP contribution in [-0.4, -0.2) is 82.5 Å². The number of carboxylic acids is 1. The number of hydrogen-bond donors (Lipinski definition) is 3. The second kappa shape index (κ2) is 12.5. The van der Waals surface area contributed by atoms with Gasteiger partial charge in [-0.2, -0.15) is 4.80 Å². The number of allylic oxidation sites excluding steroid dienone is 1. The summed E-state index contributed by atoms with van der Waals surface area (Å²) in [6.45, 7) is 22.5. The zero-order valence-electron chi connectivity index (χ0n) is 32.0. The van der Waals surface area contributed by atoms with E-state index in [0.29, 0.717) is 50.8 Å². The van der Waals surface area contributed by atoms with Crippen molar-refractivity contribution in [2.24, 2.45) is 56.7 Å². The number of nitrogens with zero attached hydrogens (tertiary/aromatic N) is 4. The van der Waals surface area contributed by atoms with Crippen LogP contribution in [-0.2, 0) is 19.0 Å². The first-order valence-electron chi connectivity index (χ1n) is 19.6. The second-order valence-corrected chi connectivity index (χ2v) is 18.8. The number of ether oxygens (including phenoxy) is 3. The predicted molar refractivity (Wildman–Crippen MR) is 191 cm³/mol. The number of nitrogen functional groups attached to an aromatic ring is 1. The molecule has 11 heteroatoms. The Bertz CT molecular complexity index is 1470. The summed E-state index contributed by atoms with van der Waals surface area (Å²) in [7, 11) is 0. The summed E-state index contributed by atoms with van der Waals surface area (Å²) in [6, 6.07) is -0.169. The molecule has 3 heterocycles. The van der Waals surface area contributed by atoms with Gasteiger partial charge in [0, 0.05) is 24.2 Å². The van der Waals surface area contributed by atoms with Crippen LogP contribution in [0.3, 0.4) is 0 Å². The number of aromatic nitrogens is 4. The molecule has 6 aliphatic rings. The topological polar surface area (TPSA) is 147 Å². The van der Waals surface area contributed by atoms with Crippen LogP contribution < -0.4 is 11.1 Å². The number of nitrogens with one attached hydrogen (secondary N) is 1. The highest BCUT2D eigenvalue weighted by Crippen LogP contribution is 2.75. The molecule has 280 valence electrons. The van der Waals surface area contributed by atoms with Crippen molar-refractivity contribution in [3.8, 4) is 0 Å². The average Bonchev–Trinajstić information content (AvgIpc) is 3.50. The number of carbonyl (C=O) groups is 1. The summed E-state index contributed by atoms with van der Waals surface area (Å²) in [5.74, 6) is 0.397. The molecule has 4 aliphatic carbocycles. The van der Waals surface area contributed by atoms with Gasteiger partial charge in [0.15, 0.2) is 0 Å². The van der Waals surface area contributed by atoms with Gasteiger partial charge in [-0.3, -0.25) is 4.79 Å².